The average Bonchev–Trinajstić information content (AvgIpc) is 3.23. The Balaban J connectivity index is 1.86. The van der Waals surface area contributed by atoms with Gasteiger partial charge in [0.1, 0.15) is 0 Å². The first-order valence-corrected chi connectivity index (χ1v) is 7.97. The molecule has 0 N–H and O–H groups in total. The van der Waals surface area contributed by atoms with E-state index in [0.717, 1.165) is 19.0 Å². The van der Waals surface area contributed by atoms with Crippen molar-refractivity contribution in [2.75, 3.05) is 13.1 Å². The summed E-state index contributed by atoms with van der Waals surface area (Å²) < 4.78 is 0. The molecule has 0 atom stereocenters. The standard InChI is InChI=1S/C17H24ClNO/c1-13(2)9-11-19(14-7-8-14)12-10-17(20)15-5-3-4-6-16(15)18/h3-6,13-14H,7-12H2,1-2H3. The largest absolute Gasteiger partial charge is 0.300 e. The van der Waals surface area contributed by atoms with Gasteiger partial charge in [0.05, 0.1) is 5.02 Å². The van der Waals surface area contributed by atoms with E-state index in [4.69, 9.17) is 11.6 Å². The monoisotopic (exact) mass is 293 g/mol. The Hall–Kier alpha value is -0.860. The first-order valence-electron chi connectivity index (χ1n) is 7.59. The van der Waals surface area contributed by atoms with Crippen molar-refractivity contribution in [2.45, 2.75) is 45.6 Å². The van der Waals surface area contributed by atoms with Crippen LogP contribution < -0.4 is 0 Å². The Labute approximate surface area is 127 Å². The van der Waals surface area contributed by atoms with Gasteiger partial charge in [-0.15, -0.1) is 0 Å². The van der Waals surface area contributed by atoms with Gasteiger partial charge in [-0.25, -0.2) is 0 Å². The minimum absolute atomic E-state index is 0.158. The predicted octanol–water partition coefficient (Wildman–Crippen LogP) is 4.42. The van der Waals surface area contributed by atoms with Gasteiger partial charge in [0.15, 0.2) is 5.78 Å². The summed E-state index contributed by atoms with van der Waals surface area (Å²) in [5.41, 5.74) is 0.661. The second-order valence-corrected chi connectivity index (χ2v) is 6.51. The maximum atomic E-state index is 12.2. The number of Topliss-reactive ketones (excluding diaryl/α,β-unsaturated/α-hetero) is 1. The molecule has 1 fully saturated rings. The van der Waals surface area contributed by atoms with Gasteiger partial charge in [0, 0.05) is 24.6 Å². The highest BCUT2D eigenvalue weighted by molar-refractivity contribution is 6.33. The van der Waals surface area contributed by atoms with Gasteiger partial charge in [-0.1, -0.05) is 37.6 Å². The first-order chi connectivity index (χ1) is 9.58. The van der Waals surface area contributed by atoms with Crippen LogP contribution in [0.3, 0.4) is 0 Å². The zero-order valence-electron chi connectivity index (χ0n) is 12.4. The third-order valence-corrected chi connectivity index (χ3v) is 4.19. The van der Waals surface area contributed by atoms with E-state index in [2.05, 4.69) is 18.7 Å². The maximum Gasteiger partial charge on any atom is 0.165 e. The molecule has 1 aliphatic carbocycles. The van der Waals surface area contributed by atoms with Crippen molar-refractivity contribution >= 4 is 17.4 Å². The number of halogens is 1. The van der Waals surface area contributed by atoms with Crippen molar-refractivity contribution in [1.82, 2.24) is 4.90 Å². The molecule has 3 heteroatoms. The molecule has 0 aromatic heterocycles. The summed E-state index contributed by atoms with van der Waals surface area (Å²) in [6.07, 6.45) is 4.35. The molecule has 2 nitrogen and oxygen atoms in total. The Morgan fingerprint density at radius 2 is 2.00 bits per heavy atom. The Morgan fingerprint density at radius 3 is 2.60 bits per heavy atom. The van der Waals surface area contributed by atoms with Gasteiger partial charge < -0.3 is 0 Å². The van der Waals surface area contributed by atoms with E-state index < -0.39 is 0 Å². The van der Waals surface area contributed by atoms with E-state index in [0.29, 0.717) is 23.0 Å². The number of hydrogen-bond acceptors (Lipinski definition) is 2. The fraction of sp³-hybridized carbons (Fsp3) is 0.588. The molecular weight excluding hydrogens is 270 g/mol. The molecular formula is C17H24ClNO. The van der Waals surface area contributed by atoms with E-state index >= 15 is 0 Å². The lowest BCUT2D eigenvalue weighted by Crippen LogP contribution is -2.30. The van der Waals surface area contributed by atoms with E-state index in [1.54, 1.807) is 6.07 Å². The predicted molar refractivity (Wildman–Crippen MR) is 84.4 cm³/mol. The molecule has 1 aromatic rings. The van der Waals surface area contributed by atoms with Crippen LogP contribution in [-0.2, 0) is 0 Å². The van der Waals surface area contributed by atoms with E-state index in [9.17, 15) is 4.79 Å². The fourth-order valence-electron chi connectivity index (χ4n) is 2.41. The number of benzene rings is 1. The van der Waals surface area contributed by atoms with Crippen LogP contribution in [0.1, 0.15) is 49.9 Å². The summed E-state index contributed by atoms with van der Waals surface area (Å²) in [5.74, 6) is 0.876. The van der Waals surface area contributed by atoms with E-state index in [1.165, 1.54) is 19.3 Å². The Kier molecular flexibility index (Phi) is 5.62. The molecule has 0 aliphatic heterocycles. The molecule has 1 aromatic carbocycles. The molecule has 1 saturated carbocycles. The summed E-state index contributed by atoms with van der Waals surface area (Å²) in [6.45, 7) is 6.47. The van der Waals surface area contributed by atoms with E-state index in [-0.39, 0.29) is 5.78 Å². The van der Waals surface area contributed by atoms with Crippen LogP contribution in [0, 0.1) is 5.92 Å². The van der Waals surface area contributed by atoms with Crippen LogP contribution in [0.15, 0.2) is 24.3 Å². The molecule has 2 rings (SSSR count). The first kappa shape index (κ1) is 15.5. The van der Waals surface area contributed by atoms with Crippen LogP contribution in [0.25, 0.3) is 0 Å². The molecule has 0 unspecified atom stereocenters. The van der Waals surface area contributed by atoms with Crippen molar-refractivity contribution in [3.05, 3.63) is 34.9 Å². The zero-order valence-corrected chi connectivity index (χ0v) is 13.2. The normalized spacial score (nSPS) is 15.1. The highest BCUT2D eigenvalue weighted by Crippen LogP contribution is 2.28. The third kappa shape index (κ3) is 4.60. The van der Waals surface area contributed by atoms with Gasteiger partial charge in [0.25, 0.3) is 0 Å². The minimum Gasteiger partial charge on any atom is -0.300 e. The van der Waals surface area contributed by atoms with Crippen LogP contribution >= 0.6 is 11.6 Å². The molecule has 0 radical (unpaired) electrons. The minimum atomic E-state index is 0.158. The number of carbonyl (C=O) groups excluding carboxylic acids is 1. The molecule has 0 heterocycles. The zero-order chi connectivity index (χ0) is 14.5. The van der Waals surface area contributed by atoms with Crippen molar-refractivity contribution in [1.29, 1.82) is 0 Å². The number of nitrogens with zero attached hydrogens (tertiary/aromatic N) is 1. The van der Waals surface area contributed by atoms with E-state index in [1.807, 2.05) is 18.2 Å². The quantitative estimate of drug-likeness (QED) is 0.661. The highest BCUT2D eigenvalue weighted by atomic mass is 35.5. The van der Waals surface area contributed by atoms with Crippen molar-refractivity contribution in [3.8, 4) is 0 Å². The second kappa shape index (κ2) is 7.24. The lowest BCUT2D eigenvalue weighted by Gasteiger charge is -2.22. The maximum absolute atomic E-state index is 12.2. The molecule has 110 valence electrons. The fourth-order valence-corrected chi connectivity index (χ4v) is 2.65. The van der Waals surface area contributed by atoms with Crippen LogP contribution in [0.4, 0.5) is 0 Å². The molecule has 0 amide bonds. The van der Waals surface area contributed by atoms with Crippen molar-refractivity contribution < 1.29 is 4.79 Å². The number of rotatable bonds is 8. The van der Waals surface area contributed by atoms with Gasteiger partial charge in [-0.2, -0.15) is 0 Å². The summed E-state index contributed by atoms with van der Waals surface area (Å²) >= 11 is 6.08. The Bertz CT molecular complexity index is 454. The summed E-state index contributed by atoms with van der Waals surface area (Å²) in [4.78, 5) is 14.7. The smallest absolute Gasteiger partial charge is 0.165 e. The number of ketones is 1. The van der Waals surface area contributed by atoms with Crippen LogP contribution in [-0.4, -0.2) is 29.8 Å². The molecule has 20 heavy (non-hydrogen) atoms. The van der Waals surface area contributed by atoms with Crippen molar-refractivity contribution in [3.63, 3.8) is 0 Å². The summed E-state index contributed by atoms with van der Waals surface area (Å²) in [5, 5.41) is 0.567. The summed E-state index contributed by atoms with van der Waals surface area (Å²) in [6, 6.07) is 8.05. The van der Waals surface area contributed by atoms with Crippen LogP contribution in [0.2, 0.25) is 5.02 Å². The van der Waals surface area contributed by atoms with Gasteiger partial charge in [-0.3, -0.25) is 9.69 Å². The SMILES string of the molecule is CC(C)CCN(CCC(=O)c1ccccc1Cl)C1CC1. The van der Waals surface area contributed by atoms with Gasteiger partial charge >= 0.3 is 0 Å². The highest BCUT2D eigenvalue weighted by Gasteiger charge is 2.28. The van der Waals surface area contributed by atoms with Gasteiger partial charge in [-0.05, 0) is 43.9 Å². The topological polar surface area (TPSA) is 20.3 Å². The second-order valence-electron chi connectivity index (χ2n) is 6.10. The lowest BCUT2D eigenvalue weighted by atomic mass is 10.1. The molecule has 0 bridgehead atoms. The Morgan fingerprint density at radius 1 is 1.30 bits per heavy atom. The molecule has 1 aliphatic rings. The lowest BCUT2D eigenvalue weighted by molar-refractivity contribution is 0.0961. The number of carbonyl (C=O) groups is 1. The number of hydrogen-bond donors (Lipinski definition) is 0. The summed E-state index contributed by atoms with van der Waals surface area (Å²) in [7, 11) is 0. The molecule has 0 spiro atoms. The van der Waals surface area contributed by atoms with Gasteiger partial charge in [0.2, 0.25) is 0 Å². The van der Waals surface area contributed by atoms with Crippen molar-refractivity contribution in [2.24, 2.45) is 5.92 Å². The average molecular weight is 294 g/mol. The van der Waals surface area contributed by atoms with Crippen LogP contribution in [0.5, 0.6) is 0 Å². The third-order valence-electron chi connectivity index (χ3n) is 3.86. The molecule has 0 saturated heterocycles.